The van der Waals surface area contributed by atoms with E-state index in [0.717, 1.165) is 33.5 Å². The molecule has 2 aromatic heterocycles. The Morgan fingerprint density at radius 3 is 2.32 bits per heavy atom. The fraction of sp³-hybridized carbons (Fsp3) is 0.227. The molecule has 1 aromatic carbocycles. The van der Waals surface area contributed by atoms with Crippen molar-refractivity contribution in [2.24, 2.45) is 0 Å². The van der Waals surface area contributed by atoms with Gasteiger partial charge in [0.25, 0.3) is 5.56 Å². The summed E-state index contributed by atoms with van der Waals surface area (Å²) in [5, 5.41) is 0. The molecule has 0 fully saturated rings. The molecule has 0 saturated carbocycles. The number of anilines is 1. The zero-order valence-electron chi connectivity index (χ0n) is 16.1. The van der Waals surface area contributed by atoms with E-state index in [4.69, 9.17) is 0 Å². The van der Waals surface area contributed by atoms with E-state index in [2.05, 4.69) is 17.1 Å². The van der Waals surface area contributed by atoms with Crippen molar-refractivity contribution in [3.8, 4) is 22.3 Å². The van der Waals surface area contributed by atoms with Crippen LogP contribution in [-0.2, 0) is 11.2 Å². The maximum atomic E-state index is 12.0. The van der Waals surface area contributed by atoms with Gasteiger partial charge in [-0.25, -0.2) is 0 Å². The van der Waals surface area contributed by atoms with Crippen molar-refractivity contribution in [1.82, 2.24) is 9.55 Å². The smallest absolute Gasteiger partial charge is 0.250 e. The number of nitrogens with zero attached hydrogens (tertiary/aromatic N) is 3. The van der Waals surface area contributed by atoms with Crippen molar-refractivity contribution in [1.29, 1.82) is 0 Å². The molecule has 0 saturated heterocycles. The number of aromatic nitrogens is 2. The van der Waals surface area contributed by atoms with Gasteiger partial charge in [-0.15, -0.1) is 0 Å². The maximum absolute atomic E-state index is 12.0. The minimum atomic E-state index is -0.00901. The van der Waals surface area contributed by atoms with Gasteiger partial charge in [-0.1, -0.05) is 6.07 Å². The van der Waals surface area contributed by atoms with E-state index in [-0.39, 0.29) is 23.0 Å². The summed E-state index contributed by atoms with van der Waals surface area (Å²) in [6.45, 7) is 3.98. The molecule has 4 rings (SSSR count). The van der Waals surface area contributed by atoms with Crippen LogP contribution in [0.1, 0.15) is 25.5 Å². The van der Waals surface area contributed by atoms with Crippen LogP contribution in [-0.4, -0.2) is 28.0 Å². The lowest BCUT2D eigenvalue weighted by molar-refractivity contribution is -0.117. The molecule has 6 nitrogen and oxygen atoms in total. The molecule has 28 heavy (non-hydrogen) atoms. The van der Waals surface area contributed by atoms with Crippen LogP contribution < -0.4 is 10.5 Å². The lowest BCUT2D eigenvalue weighted by atomic mass is 10.0. The Hall–Kier alpha value is -3.25. The normalized spacial score (nSPS) is 12.9. The first-order valence-electron chi connectivity index (χ1n) is 9.01. The molecule has 0 aliphatic carbocycles. The number of benzene rings is 1. The average Bonchev–Trinajstić information content (AvgIpc) is 2.95. The standard InChI is InChI=1S/C22H21N3O2.H2O/c1-14(2)25-13-16(5-7-21(25)26)19-9-18(11-23-12-19)15-4-6-20-17(8-15)10-22(27)24(20)3;/h4-9,11-14H,10H2,1-3H3;1H2. The molecule has 0 spiro atoms. The third-order valence-corrected chi connectivity index (χ3v) is 5.06. The van der Waals surface area contributed by atoms with Crippen molar-refractivity contribution in [3.05, 3.63) is 70.9 Å². The molecular weight excluding hydrogens is 354 g/mol. The lowest BCUT2D eigenvalue weighted by Crippen LogP contribution is -2.20. The van der Waals surface area contributed by atoms with Crippen LogP contribution in [0.25, 0.3) is 22.3 Å². The number of hydrogen-bond donors (Lipinski definition) is 0. The summed E-state index contributed by atoms with van der Waals surface area (Å²) in [5.74, 6) is 0.116. The number of amides is 1. The van der Waals surface area contributed by atoms with E-state index in [1.165, 1.54) is 0 Å². The molecule has 0 radical (unpaired) electrons. The van der Waals surface area contributed by atoms with Gasteiger partial charge in [0.1, 0.15) is 0 Å². The minimum Gasteiger partial charge on any atom is -0.412 e. The Morgan fingerprint density at radius 2 is 1.61 bits per heavy atom. The van der Waals surface area contributed by atoms with Crippen molar-refractivity contribution in [2.45, 2.75) is 26.3 Å². The Kier molecular flexibility index (Phi) is 5.16. The second-order valence-electron chi connectivity index (χ2n) is 7.19. The van der Waals surface area contributed by atoms with Crippen molar-refractivity contribution in [3.63, 3.8) is 0 Å². The minimum absolute atomic E-state index is 0. The summed E-state index contributed by atoms with van der Waals surface area (Å²) in [4.78, 5) is 30.0. The average molecular weight is 377 g/mol. The molecule has 1 aliphatic heterocycles. The van der Waals surface area contributed by atoms with Gasteiger partial charge in [0.05, 0.1) is 6.42 Å². The Balaban J connectivity index is 0.00000225. The second-order valence-corrected chi connectivity index (χ2v) is 7.19. The van der Waals surface area contributed by atoms with Gasteiger partial charge >= 0.3 is 0 Å². The fourth-order valence-electron chi connectivity index (χ4n) is 3.48. The molecule has 3 heterocycles. The zero-order chi connectivity index (χ0) is 19.1. The highest BCUT2D eigenvalue weighted by molar-refractivity contribution is 6.01. The van der Waals surface area contributed by atoms with E-state index in [1.807, 2.05) is 44.4 Å². The van der Waals surface area contributed by atoms with E-state index in [0.29, 0.717) is 6.42 Å². The molecular formula is C22H23N3O3. The first-order chi connectivity index (χ1) is 12.9. The van der Waals surface area contributed by atoms with Crippen LogP contribution in [0.4, 0.5) is 5.69 Å². The Morgan fingerprint density at radius 1 is 0.929 bits per heavy atom. The molecule has 1 aliphatic rings. The molecule has 0 bridgehead atoms. The van der Waals surface area contributed by atoms with Crippen LogP contribution in [0.5, 0.6) is 0 Å². The highest BCUT2D eigenvalue weighted by Crippen LogP contribution is 2.33. The Bertz CT molecular complexity index is 1100. The number of likely N-dealkylation sites (N-methyl/N-ethyl adjacent to an activating group) is 1. The Labute approximate surface area is 163 Å². The summed E-state index contributed by atoms with van der Waals surface area (Å²) in [5.41, 5.74) is 5.92. The SMILES string of the molecule is CC(C)n1cc(-c2cncc(-c3ccc4c(c3)CC(=O)N4C)c2)ccc1=O.O. The van der Waals surface area contributed by atoms with Crippen LogP contribution in [0.2, 0.25) is 0 Å². The largest absolute Gasteiger partial charge is 0.412 e. The predicted octanol–water partition coefficient (Wildman–Crippen LogP) is 2.85. The van der Waals surface area contributed by atoms with Gasteiger partial charge in [-0.3, -0.25) is 14.6 Å². The molecule has 1 amide bonds. The first-order valence-corrected chi connectivity index (χ1v) is 9.01. The van der Waals surface area contributed by atoms with Gasteiger partial charge in [0.15, 0.2) is 0 Å². The summed E-state index contributed by atoms with van der Waals surface area (Å²) in [6, 6.07) is 11.7. The first kappa shape index (κ1) is 19.5. The third-order valence-electron chi connectivity index (χ3n) is 5.06. The zero-order valence-corrected chi connectivity index (χ0v) is 16.1. The van der Waals surface area contributed by atoms with E-state index in [1.54, 1.807) is 28.8 Å². The molecule has 0 unspecified atom stereocenters. The van der Waals surface area contributed by atoms with E-state index >= 15 is 0 Å². The monoisotopic (exact) mass is 377 g/mol. The number of fused-ring (bicyclic) bond motifs is 1. The van der Waals surface area contributed by atoms with Crippen LogP contribution in [0, 0.1) is 0 Å². The predicted molar refractivity (Wildman–Crippen MR) is 110 cm³/mol. The molecule has 144 valence electrons. The van der Waals surface area contributed by atoms with Crippen LogP contribution >= 0.6 is 0 Å². The molecule has 6 heteroatoms. The van der Waals surface area contributed by atoms with Gasteiger partial charge in [0, 0.05) is 54.6 Å². The second kappa shape index (κ2) is 7.40. The van der Waals surface area contributed by atoms with E-state index in [9.17, 15) is 9.59 Å². The highest BCUT2D eigenvalue weighted by Gasteiger charge is 2.24. The van der Waals surface area contributed by atoms with Crippen LogP contribution in [0.3, 0.4) is 0 Å². The number of pyridine rings is 2. The summed E-state index contributed by atoms with van der Waals surface area (Å²) in [7, 11) is 1.81. The number of hydrogen-bond acceptors (Lipinski definition) is 3. The number of carbonyl (C=O) groups excluding carboxylic acids is 1. The van der Waals surface area contributed by atoms with E-state index < -0.39 is 0 Å². The lowest BCUT2D eigenvalue weighted by Gasteiger charge is -2.13. The number of carbonyl (C=O) groups is 1. The quantitative estimate of drug-likeness (QED) is 0.703. The number of rotatable bonds is 3. The van der Waals surface area contributed by atoms with Gasteiger partial charge in [-0.2, -0.15) is 0 Å². The van der Waals surface area contributed by atoms with Gasteiger partial charge in [0.2, 0.25) is 5.91 Å². The van der Waals surface area contributed by atoms with Crippen molar-refractivity contribution < 1.29 is 10.3 Å². The van der Waals surface area contributed by atoms with Crippen LogP contribution in [0.15, 0.2) is 59.8 Å². The summed E-state index contributed by atoms with van der Waals surface area (Å²) < 4.78 is 1.72. The molecule has 2 N–H and O–H groups in total. The van der Waals surface area contributed by atoms with Crippen molar-refractivity contribution in [2.75, 3.05) is 11.9 Å². The maximum Gasteiger partial charge on any atom is 0.250 e. The molecule has 3 aromatic rings. The summed E-state index contributed by atoms with van der Waals surface area (Å²) >= 11 is 0. The highest BCUT2D eigenvalue weighted by atomic mass is 16.2. The third kappa shape index (κ3) is 3.34. The fourth-order valence-corrected chi connectivity index (χ4v) is 3.48. The van der Waals surface area contributed by atoms with Gasteiger partial charge < -0.3 is 14.9 Å². The van der Waals surface area contributed by atoms with Crippen molar-refractivity contribution >= 4 is 11.6 Å². The topological polar surface area (TPSA) is 86.7 Å². The van der Waals surface area contributed by atoms with Gasteiger partial charge in [-0.05, 0) is 54.8 Å². The molecule has 0 atom stereocenters. The summed E-state index contributed by atoms with van der Waals surface area (Å²) in [6.07, 6.45) is 5.94.